The highest BCUT2D eigenvalue weighted by Gasteiger charge is 2.19. The number of benzene rings is 1. The predicted molar refractivity (Wildman–Crippen MR) is 79.8 cm³/mol. The van der Waals surface area contributed by atoms with Crippen LogP contribution in [0.2, 0.25) is 0 Å². The first kappa shape index (κ1) is 16.0. The van der Waals surface area contributed by atoms with Crippen LogP contribution in [0.5, 0.6) is 17.2 Å². The molecule has 0 saturated carbocycles. The van der Waals surface area contributed by atoms with Crippen LogP contribution in [0.25, 0.3) is 11.4 Å². The highest BCUT2D eigenvalue weighted by Crippen LogP contribution is 2.43. The summed E-state index contributed by atoms with van der Waals surface area (Å²) >= 11 is 1.05. The Morgan fingerprint density at radius 2 is 1.91 bits per heavy atom. The van der Waals surface area contributed by atoms with Gasteiger partial charge in [-0.05, 0) is 12.1 Å². The van der Waals surface area contributed by atoms with Crippen LogP contribution in [0.4, 0.5) is 0 Å². The van der Waals surface area contributed by atoms with Gasteiger partial charge in [0.15, 0.2) is 22.5 Å². The topological polar surface area (TPSA) is 107 Å². The second-order valence-corrected chi connectivity index (χ2v) is 5.01. The molecule has 0 bridgehead atoms. The summed E-state index contributed by atoms with van der Waals surface area (Å²) in [6.07, 6.45) is 0. The van der Waals surface area contributed by atoms with Crippen molar-refractivity contribution in [2.24, 2.45) is 0 Å². The van der Waals surface area contributed by atoms with Gasteiger partial charge in [0.05, 0.1) is 32.6 Å². The van der Waals surface area contributed by atoms with E-state index in [1.807, 2.05) is 0 Å². The minimum Gasteiger partial charge on any atom is -0.493 e. The third-order valence-corrected chi connectivity index (χ3v) is 3.61. The van der Waals surface area contributed by atoms with Crippen molar-refractivity contribution < 1.29 is 24.1 Å². The zero-order chi connectivity index (χ0) is 16.1. The second-order valence-electron chi connectivity index (χ2n) is 4.04. The zero-order valence-corrected chi connectivity index (χ0v) is 13.1. The highest BCUT2D eigenvalue weighted by atomic mass is 32.2. The summed E-state index contributed by atoms with van der Waals surface area (Å²) in [6.45, 7) is 0. The molecule has 9 heteroatoms. The van der Waals surface area contributed by atoms with Crippen molar-refractivity contribution in [3.05, 3.63) is 12.1 Å². The molecule has 0 spiro atoms. The number of aromatic nitrogens is 3. The Labute approximate surface area is 130 Å². The Morgan fingerprint density at radius 1 is 1.18 bits per heavy atom. The van der Waals surface area contributed by atoms with Crippen molar-refractivity contribution in [1.29, 1.82) is 0 Å². The van der Waals surface area contributed by atoms with E-state index in [1.54, 1.807) is 12.1 Å². The third-order valence-electron chi connectivity index (χ3n) is 2.76. The van der Waals surface area contributed by atoms with E-state index in [9.17, 15) is 4.79 Å². The Bertz CT molecular complexity index is 674. The molecule has 0 atom stereocenters. The molecule has 2 rings (SSSR count). The van der Waals surface area contributed by atoms with E-state index < -0.39 is 5.97 Å². The van der Waals surface area contributed by atoms with Crippen LogP contribution >= 0.6 is 11.8 Å². The summed E-state index contributed by atoms with van der Waals surface area (Å²) < 4.78 is 15.9. The van der Waals surface area contributed by atoms with Gasteiger partial charge in [0.25, 0.3) is 0 Å². The first-order valence-electron chi connectivity index (χ1n) is 6.17. The van der Waals surface area contributed by atoms with E-state index >= 15 is 0 Å². The summed E-state index contributed by atoms with van der Waals surface area (Å²) in [5, 5.41) is 17.0. The number of hydrogen-bond acceptors (Lipinski definition) is 7. The van der Waals surface area contributed by atoms with Gasteiger partial charge >= 0.3 is 5.97 Å². The lowest BCUT2D eigenvalue weighted by atomic mass is 10.1. The van der Waals surface area contributed by atoms with Crippen LogP contribution in [-0.2, 0) is 4.79 Å². The number of rotatable bonds is 7. The summed E-state index contributed by atoms with van der Waals surface area (Å²) in [4.78, 5) is 13.5. The van der Waals surface area contributed by atoms with Crippen molar-refractivity contribution in [2.75, 3.05) is 27.1 Å². The summed E-state index contributed by atoms with van der Waals surface area (Å²) in [6, 6.07) is 3.48. The summed E-state index contributed by atoms with van der Waals surface area (Å²) in [7, 11) is 4.56. The second kappa shape index (κ2) is 7.03. The molecule has 8 nitrogen and oxygen atoms in total. The maximum atomic E-state index is 10.6. The molecular weight excluding hydrogens is 310 g/mol. The van der Waals surface area contributed by atoms with Gasteiger partial charge in [0.1, 0.15) is 0 Å². The van der Waals surface area contributed by atoms with Gasteiger partial charge in [0.2, 0.25) is 5.75 Å². The van der Waals surface area contributed by atoms with Crippen molar-refractivity contribution >= 4 is 17.7 Å². The van der Waals surface area contributed by atoms with E-state index in [0.717, 1.165) is 11.8 Å². The molecule has 0 fully saturated rings. The normalized spacial score (nSPS) is 10.3. The lowest BCUT2D eigenvalue weighted by molar-refractivity contribution is -0.133. The molecule has 1 aromatic heterocycles. The summed E-state index contributed by atoms with van der Waals surface area (Å²) in [5.41, 5.74) is 0.634. The lowest BCUT2D eigenvalue weighted by Crippen LogP contribution is -1.98. The molecule has 0 amide bonds. The Kier molecular flexibility index (Phi) is 5.10. The smallest absolute Gasteiger partial charge is 0.313 e. The number of methoxy groups -OCH3 is 3. The molecule has 0 radical (unpaired) electrons. The maximum absolute atomic E-state index is 10.6. The quantitative estimate of drug-likeness (QED) is 0.740. The Balaban J connectivity index is 2.38. The Hall–Kier alpha value is -2.42. The molecule has 1 heterocycles. The number of carbonyl (C=O) groups is 1. The van der Waals surface area contributed by atoms with Crippen LogP contribution < -0.4 is 14.2 Å². The fraction of sp³-hybridized carbons (Fsp3) is 0.308. The third kappa shape index (κ3) is 3.25. The molecule has 0 aliphatic heterocycles. The number of H-pyrrole nitrogens is 1. The number of aromatic amines is 1. The van der Waals surface area contributed by atoms with E-state index in [0.29, 0.717) is 33.8 Å². The minimum absolute atomic E-state index is 0.0995. The fourth-order valence-corrected chi connectivity index (χ4v) is 2.38. The Morgan fingerprint density at radius 3 is 2.50 bits per heavy atom. The zero-order valence-electron chi connectivity index (χ0n) is 12.2. The van der Waals surface area contributed by atoms with Crippen molar-refractivity contribution in [2.45, 2.75) is 5.16 Å². The monoisotopic (exact) mass is 325 g/mol. The number of carboxylic acids is 1. The van der Waals surface area contributed by atoms with E-state index in [-0.39, 0.29) is 5.75 Å². The molecule has 0 aliphatic carbocycles. The van der Waals surface area contributed by atoms with Gasteiger partial charge in [-0.25, -0.2) is 0 Å². The van der Waals surface area contributed by atoms with Gasteiger partial charge in [-0.3, -0.25) is 4.79 Å². The van der Waals surface area contributed by atoms with E-state index in [4.69, 9.17) is 19.3 Å². The van der Waals surface area contributed by atoms with Crippen LogP contribution in [0.1, 0.15) is 0 Å². The average Bonchev–Trinajstić information content (AvgIpc) is 2.99. The molecule has 0 unspecified atom stereocenters. The van der Waals surface area contributed by atoms with E-state index in [2.05, 4.69) is 15.2 Å². The summed E-state index contributed by atoms with van der Waals surface area (Å²) in [5.74, 6) is 0.851. The average molecular weight is 325 g/mol. The molecule has 0 aliphatic rings. The van der Waals surface area contributed by atoms with Crippen LogP contribution in [0.15, 0.2) is 17.3 Å². The molecule has 2 aromatic rings. The molecule has 1 aromatic carbocycles. The van der Waals surface area contributed by atoms with Crippen molar-refractivity contribution in [3.63, 3.8) is 0 Å². The fourth-order valence-electron chi connectivity index (χ4n) is 1.85. The molecule has 2 N–H and O–H groups in total. The maximum Gasteiger partial charge on any atom is 0.313 e. The van der Waals surface area contributed by atoms with Gasteiger partial charge < -0.3 is 24.3 Å². The standard InChI is InChI=1S/C13H15N3O5S/c1-19-8-5-4-7(10(20-2)11(8)21-3)12-14-13(16-15-12)22-6-9(17)18/h4-5H,6H2,1-3H3,(H,17,18)(H,14,15,16). The number of nitrogens with zero attached hydrogens (tertiary/aromatic N) is 2. The number of ether oxygens (including phenoxy) is 3. The largest absolute Gasteiger partial charge is 0.493 e. The minimum atomic E-state index is -0.924. The van der Waals surface area contributed by atoms with Crippen molar-refractivity contribution in [3.8, 4) is 28.6 Å². The highest BCUT2D eigenvalue weighted by molar-refractivity contribution is 7.99. The van der Waals surface area contributed by atoms with Gasteiger partial charge in [-0.15, -0.1) is 10.2 Å². The number of hydrogen-bond donors (Lipinski definition) is 2. The van der Waals surface area contributed by atoms with Crippen molar-refractivity contribution in [1.82, 2.24) is 15.2 Å². The first-order valence-corrected chi connectivity index (χ1v) is 7.15. The SMILES string of the molecule is COc1ccc(-c2nnc(SCC(=O)O)[nH]2)c(OC)c1OC. The van der Waals surface area contributed by atoms with Crippen LogP contribution in [0.3, 0.4) is 0 Å². The van der Waals surface area contributed by atoms with Crippen LogP contribution in [-0.4, -0.2) is 53.3 Å². The van der Waals surface area contributed by atoms with E-state index in [1.165, 1.54) is 21.3 Å². The van der Waals surface area contributed by atoms with Gasteiger partial charge in [0, 0.05) is 0 Å². The van der Waals surface area contributed by atoms with Gasteiger partial charge in [-0.2, -0.15) is 0 Å². The molecule has 22 heavy (non-hydrogen) atoms. The number of aliphatic carboxylic acids is 1. The number of carboxylic acid groups (broad SMARTS) is 1. The molecular formula is C13H15N3O5S. The number of thioether (sulfide) groups is 1. The predicted octanol–water partition coefficient (Wildman–Crippen LogP) is 1.67. The lowest BCUT2D eigenvalue weighted by Gasteiger charge is -2.14. The molecule has 0 saturated heterocycles. The number of nitrogens with one attached hydrogen (secondary N) is 1. The first-order chi connectivity index (χ1) is 10.6. The van der Waals surface area contributed by atoms with Gasteiger partial charge in [-0.1, -0.05) is 11.8 Å². The molecule has 118 valence electrons. The van der Waals surface area contributed by atoms with Crippen LogP contribution in [0, 0.1) is 0 Å².